The van der Waals surface area contributed by atoms with Gasteiger partial charge in [-0.15, -0.1) is 24.0 Å². The van der Waals surface area contributed by atoms with Gasteiger partial charge in [-0.1, -0.05) is 30.3 Å². The van der Waals surface area contributed by atoms with Crippen molar-refractivity contribution in [3.8, 4) is 0 Å². The van der Waals surface area contributed by atoms with Crippen molar-refractivity contribution in [3.63, 3.8) is 0 Å². The van der Waals surface area contributed by atoms with E-state index in [1.165, 1.54) is 5.56 Å². The number of nitrogens with one attached hydrogen (secondary N) is 2. The van der Waals surface area contributed by atoms with Crippen LogP contribution in [0.15, 0.2) is 35.3 Å². The van der Waals surface area contributed by atoms with Crippen molar-refractivity contribution in [1.82, 2.24) is 20.4 Å². The average Bonchev–Trinajstić information content (AvgIpc) is 2.71. The minimum absolute atomic E-state index is 0. The van der Waals surface area contributed by atoms with E-state index >= 15 is 0 Å². The molecule has 1 aliphatic heterocycles. The number of likely N-dealkylation sites (N-methyl/N-ethyl adjacent to an activating group) is 1. The van der Waals surface area contributed by atoms with Crippen LogP contribution in [0.25, 0.3) is 0 Å². The molecule has 7 heteroatoms. The third-order valence-electron chi connectivity index (χ3n) is 6.06. The van der Waals surface area contributed by atoms with Gasteiger partial charge in [0.05, 0.1) is 0 Å². The molecule has 6 nitrogen and oxygen atoms in total. The first-order valence-corrected chi connectivity index (χ1v) is 10.4. The van der Waals surface area contributed by atoms with Gasteiger partial charge in [0.15, 0.2) is 5.96 Å². The maximum absolute atomic E-state index is 5.56. The molecule has 2 rings (SSSR count). The molecule has 2 N–H and O–H groups in total. The van der Waals surface area contributed by atoms with Gasteiger partial charge in [0.2, 0.25) is 0 Å². The molecular formula is C22H40IN5O. The number of aliphatic imine (C=N–C) groups is 1. The number of hydrogen-bond donors (Lipinski definition) is 2. The topological polar surface area (TPSA) is 52.1 Å². The largest absolute Gasteiger partial charge is 0.381 e. The van der Waals surface area contributed by atoms with E-state index in [1.54, 1.807) is 0 Å². The number of nitrogens with zero attached hydrogens (tertiary/aromatic N) is 3. The molecule has 0 radical (unpaired) electrons. The summed E-state index contributed by atoms with van der Waals surface area (Å²) in [6.45, 7) is 6.70. The Balaban J connectivity index is 0.00000420. The predicted octanol–water partition coefficient (Wildman–Crippen LogP) is 2.79. The Morgan fingerprint density at radius 2 is 1.79 bits per heavy atom. The fraction of sp³-hybridized carbons (Fsp3) is 0.682. The summed E-state index contributed by atoms with van der Waals surface area (Å²) in [6, 6.07) is 11.1. The first-order valence-electron chi connectivity index (χ1n) is 10.4. The normalized spacial score (nSPS) is 17.7. The van der Waals surface area contributed by atoms with Gasteiger partial charge < -0.3 is 20.3 Å². The van der Waals surface area contributed by atoms with E-state index in [0.717, 1.165) is 58.1 Å². The zero-order valence-corrected chi connectivity index (χ0v) is 21.1. The molecule has 0 spiro atoms. The molecule has 1 aromatic carbocycles. The van der Waals surface area contributed by atoms with Gasteiger partial charge in [0.1, 0.15) is 0 Å². The van der Waals surface area contributed by atoms with E-state index in [2.05, 4.69) is 83.8 Å². The second-order valence-corrected chi connectivity index (χ2v) is 8.12. The number of ether oxygens (including phenoxy) is 1. The Kier molecular flexibility index (Phi) is 12.1. The summed E-state index contributed by atoms with van der Waals surface area (Å²) in [5.41, 5.74) is 1.49. The van der Waals surface area contributed by atoms with E-state index in [9.17, 15) is 0 Å². The Labute approximate surface area is 194 Å². The fourth-order valence-corrected chi connectivity index (χ4v) is 3.65. The van der Waals surface area contributed by atoms with Crippen molar-refractivity contribution in [1.29, 1.82) is 0 Å². The standard InChI is InChI=1S/C22H39N5O.HI/c1-19(27(5)17-20-9-7-6-8-10-20)11-14-24-21(23-2)25-18-22(26(3)4)12-15-28-16-13-22;/h6-10,19H,11-18H2,1-5H3,(H2,23,24,25);1H. The number of rotatable bonds is 9. The molecule has 0 amide bonds. The zero-order valence-electron chi connectivity index (χ0n) is 18.8. The van der Waals surface area contributed by atoms with Gasteiger partial charge in [-0.3, -0.25) is 9.89 Å². The highest BCUT2D eigenvalue weighted by Crippen LogP contribution is 2.24. The molecule has 1 aliphatic rings. The van der Waals surface area contributed by atoms with Crippen LogP contribution in [0.1, 0.15) is 31.7 Å². The van der Waals surface area contributed by atoms with Crippen molar-refractivity contribution in [3.05, 3.63) is 35.9 Å². The van der Waals surface area contributed by atoms with Crippen LogP contribution in [0.5, 0.6) is 0 Å². The highest BCUT2D eigenvalue weighted by molar-refractivity contribution is 14.0. The van der Waals surface area contributed by atoms with Crippen LogP contribution in [-0.4, -0.2) is 81.8 Å². The summed E-state index contributed by atoms with van der Waals surface area (Å²) in [4.78, 5) is 9.13. The third kappa shape index (κ3) is 8.39. The Hall–Kier alpha value is -0.900. The maximum Gasteiger partial charge on any atom is 0.191 e. The lowest BCUT2D eigenvalue weighted by molar-refractivity contribution is -0.00501. The molecule has 1 aromatic rings. The van der Waals surface area contributed by atoms with E-state index in [0.29, 0.717) is 6.04 Å². The highest BCUT2D eigenvalue weighted by atomic mass is 127. The average molecular weight is 518 g/mol. The quantitative estimate of drug-likeness (QED) is 0.300. The first-order chi connectivity index (χ1) is 13.5. The Bertz CT molecular complexity index is 590. The van der Waals surface area contributed by atoms with Crippen LogP contribution in [-0.2, 0) is 11.3 Å². The molecule has 1 heterocycles. The lowest BCUT2D eigenvalue weighted by Crippen LogP contribution is -2.57. The van der Waals surface area contributed by atoms with E-state index < -0.39 is 0 Å². The first kappa shape index (κ1) is 26.1. The van der Waals surface area contributed by atoms with E-state index in [4.69, 9.17) is 4.74 Å². The zero-order chi connectivity index (χ0) is 20.4. The van der Waals surface area contributed by atoms with Crippen LogP contribution in [0.2, 0.25) is 0 Å². The molecule has 1 saturated heterocycles. The summed E-state index contributed by atoms with van der Waals surface area (Å²) in [5, 5.41) is 7.01. The summed E-state index contributed by atoms with van der Waals surface area (Å²) < 4.78 is 5.56. The van der Waals surface area contributed by atoms with Gasteiger partial charge in [0, 0.05) is 51.5 Å². The monoisotopic (exact) mass is 517 g/mol. The second-order valence-electron chi connectivity index (χ2n) is 8.12. The smallest absolute Gasteiger partial charge is 0.191 e. The second kappa shape index (κ2) is 13.4. The fourth-order valence-electron chi connectivity index (χ4n) is 3.65. The van der Waals surface area contributed by atoms with E-state index in [-0.39, 0.29) is 29.5 Å². The molecule has 1 atom stereocenters. The van der Waals surface area contributed by atoms with Crippen molar-refractivity contribution in [2.75, 3.05) is 54.5 Å². The minimum atomic E-state index is 0. The van der Waals surface area contributed by atoms with Crippen molar-refractivity contribution >= 4 is 29.9 Å². The summed E-state index contributed by atoms with van der Waals surface area (Å²) in [7, 11) is 8.35. The van der Waals surface area contributed by atoms with Crippen LogP contribution < -0.4 is 10.6 Å². The molecule has 166 valence electrons. The van der Waals surface area contributed by atoms with E-state index in [1.807, 2.05) is 7.05 Å². The molecular weight excluding hydrogens is 477 g/mol. The molecule has 29 heavy (non-hydrogen) atoms. The predicted molar refractivity (Wildman–Crippen MR) is 133 cm³/mol. The minimum Gasteiger partial charge on any atom is -0.381 e. The SMILES string of the molecule is CN=C(NCCC(C)N(C)Cc1ccccc1)NCC1(N(C)C)CCOCC1.I. The molecule has 1 fully saturated rings. The summed E-state index contributed by atoms with van der Waals surface area (Å²) in [5.74, 6) is 0.880. The van der Waals surface area contributed by atoms with Crippen LogP contribution in [0.3, 0.4) is 0 Å². The number of guanidine groups is 1. The molecule has 0 aromatic heterocycles. The highest BCUT2D eigenvalue weighted by Gasteiger charge is 2.34. The third-order valence-corrected chi connectivity index (χ3v) is 6.06. The Morgan fingerprint density at radius 3 is 2.38 bits per heavy atom. The van der Waals surface area contributed by atoms with Gasteiger partial charge in [0.25, 0.3) is 0 Å². The summed E-state index contributed by atoms with van der Waals surface area (Å²) >= 11 is 0. The van der Waals surface area contributed by atoms with Crippen molar-refractivity contribution in [2.24, 2.45) is 4.99 Å². The number of benzene rings is 1. The van der Waals surface area contributed by atoms with Crippen LogP contribution in [0.4, 0.5) is 0 Å². The maximum atomic E-state index is 5.56. The lowest BCUT2D eigenvalue weighted by Gasteiger charge is -2.43. The van der Waals surface area contributed by atoms with Crippen LogP contribution >= 0.6 is 24.0 Å². The molecule has 0 saturated carbocycles. The lowest BCUT2D eigenvalue weighted by atomic mass is 9.88. The van der Waals surface area contributed by atoms with Crippen molar-refractivity contribution in [2.45, 2.75) is 44.3 Å². The molecule has 1 unspecified atom stereocenters. The summed E-state index contributed by atoms with van der Waals surface area (Å²) in [6.07, 6.45) is 3.16. The van der Waals surface area contributed by atoms with Crippen LogP contribution in [0, 0.1) is 0 Å². The van der Waals surface area contributed by atoms with Gasteiger partial charge in [-0.05, 0) is 52.9 Å². The number of hydrogen-bond acceptors (Lipinski definition) is 4. The molecule has 0 aliphatic carbocycles. The van der Waals surface area contributed by atoms with Gasteiger partial charge >= 0.3 is 0 Å². The number of halogens is 1. The van der Waals surface area contributed by atoms with Gasteiger partial charge in [-0.2, -0.15) is 0 Å². The van der Waals surface area contributed by atoms with Crippen molar-refractivity contribution < 1.29 is 4.74 Å². The van der Waals surface area contributed by atoms with Gasteiger partial charge in [-0.25, -0.2) is 0 Å². The molecule has 0 bridgehead atoms. The Morgan fingerprint density at radius 1 is 1.14 bits per heavy atom.